The van der Waals surface area contributed by atoms with Gasteiger partial charge in [0.1, 0.15) is 0 Å². The lowest BCUT2D eigenvalue weighted by Gasteiger charge is -2.47. The van der Waals surface area contributed by atoms with Crippen molar-refractivity contribution in [2.75, 3.05) is 0 Å². The SMILES string of the molecule is C=C1CCC(=CC=C2CCCC3(C4C#C4)C2CCC3C(C)CCCC(C)(C)O)CC1O. The molecule has 0 spiro atoms. The maximum absolute atomic E-state index is 10.2. The van der Waals surface area contributed by atoms with E-state index in [-0.39, 0.29) is 6.10 Å². The van der Waals surface area contributed by atoms with Crippen molar-refractivity contribution in [3.63, 3.8) is 0 Å². The molecule has 0 bridgehead atoms. The van der Waals surface area contributed by atoms with Gasteiger partial charge in [-0.25, -0.2) is 0 Å². The lowest BCUT2D eigenvalue weighted by atomic mass is 9.56. The van der Waals surface area contributed by atoms with Crippen molar-refractivity contribution in [1.29, 1.82) is 0 Å². The standard InChI is InChI=1S/C29H42O2/c1-20(7-5-17-28(3,4)31)25-15-16-26-23(8-6-18-29(25,26)24-13-14-24)12-11-22-10-9-21(2)27(30)19-22/h11-12,20,24-27,30-31H,2,5-10,15-19H2,1,3-4H3. The first kappa shape index (κ1) is 22.9. The zero-order valence-electron chi connectivity index (χ0n) is 19.9. The number of rotatable bonds is 7. The summed E-state index contributed by atoms with van der Waals surface area (Å²) in [5.74, 6) is 9.53. The lowest BCUT2D eigenvalue weighted by molar-refractivity contribution is 0.0469. The molecule has 170 valence electrons. The van der Waals surface area contributed by atoms with Crippen LogP contribution in [0.4, 0.5) is 0 Å². The molecule has 2 nitrogen and oxygen atoms in total. The summed E-state index contributed by atoms with van der Waals surface area (Å²) in [7, 11) is 0. The molecule has 4 aliphatic rings. The molecule has 2 heteroatoms. The maximum atomic E-state index is 10.2. The first-order chi connectivity index (χ1) is 14.7. The second kappa shape index (κ2) is 8.92. The van der Waals surface area contributed by atoms with Gasteiger partial charge in [0.05, 0.1) is 17.6 Å². The van der Waals surface area contributed by atoms with Crippen LogP contribution in [0.25, 0.3) is 0 Å². The van der Waals surface area contributed by atoms with Crippen LogP contribution in [0.5, 0.6) is 0 Å². The Bertz CT molecular complexity index is 806. The van der Waals surface area contributed by atoms with Gasteiger partial charge in [0.2, 0.25) is 0 Å². The second-order valence-electron chi connectivity index (χ2n) is 11.6. The van der Waals surface area contributed by atoms with Crippen LogP contribution in [0, 0.1) is 40.9 Å². The van der Waals surface area contributed by atoms with Crippen LogP contribution in [0.15, 0.2) is 35.5 Å². The summed E-state index contributed by atoms with van der Waals surface area (Å²) in [5.41, 5.74) is 3.78. The highest BCUT2D eigenvalue weighted by atomic mass is 16.3. The van der Waals surface area contributed by atoms with E-state index >= 15 is 0 Å². The second-order valence-corrected chi connectivity index (χ2v) is 11.6. The molecule has 0 aromatic carbocycles. The smallest absolute Gasteiger partial charge is 0.0876 e. The van der Waals surface area contributed by atoms with E-state index in [9.17, 15) is 10.2 Å². The highest BCUT2D eigenvalue weighted by Gasteiger charge is 2.58. The Kier molecular flexibility index (Phi) is 6.58. The van der Waals surface area contributed by atoms with Crippen LogP contribution in [0.2, 0.25) is 0 Å². The highest BCUT2D eigenvalue weighted by Crippen LogP contribution is 2.64. The maximum Gasteiger partial charge on any atom is 0.0876 e. The summed E-state index contributed by atoms with van der Waals surface area (Å²) < 4.78 is 0. The average molecular weight is 423 g/mol. The molecule has 31 heavy (non-hydrogen) atoms. The Balaban J connectivity index is 1.49. The molecule has 0 amide bonds. The largest absolute Gasteiger partial charge is 0.390 e. The molecule has 0 aliphatic heterocycles. The van der Waals surface area contributed by atoms with Gasteiger partial charge in [-0.05, 0) is 95.0 Å². The monoisotopic (exact) mass is 422 g/mol. The van der Waals surface area contributed by atoms with Crippen LogP contribution >= 0.6 is 0 Å². The predicted octanol–water partition coefficient (Wildman–Crippen LogP) is 6.35. The Labute approximate surface area is 189 Å². The summed E-state index contributed by atoms with van der Waals surface area (Å²) in [6.07, 6.45) is 16.8. The molecular weight excluding hydrogens is 380 g/mol. The van der Waals surface area contributed by atoms with E-state index in [0.717, 1.165) is 43.6 Å². The van der Waals surface area contributed by atoms with E-state index < -0.39 is 5.60 Å². The van der Waals surface area contributed by atoms with E-state index in [0.29, 0.717) is 23.2 Å². The first-order valence-electron chi connectivity index (χ1n) is 12.7. The fraction of sp³-hybridized carbons (Fsp3) is 0.724. The summed E-state index contributed by atoms with van der Waals surface area (Å²) in [5, 5.41) is 20.3. The average Bonchev–Trinajstić information content (AvgIpc) is 3.48. The number of aliphatic hydroxyl groups is 2. The van der Waals surface area contributed by atoms with Gasteiger partial charge in [0.25, 0.3) is 0 Å². The summed E-state index contributed by atoms with van der Waals surface area (Å²) >= 11 is 0. The molecule has 4 aliphatic carbocycles. The zero-order chi connectivity index (χ0) is 22.2. The molecule has 0 aromatic rings. The van der Waals surface area contributed by atoms with Crippen molar-refractivity contribution in [3.8, 4) is 11.8 Å². The molecule has 2 N–H and O–H groups in total. The molecule has 0 saturated heterocycles. The molecule has 3 fully saturated rings. The van der Waals surface area contributed by atoms with Gasteiger partial charge in [-0.3, -0.25) is 0 Å². The van der Waals surface area contributed by atoms with Crippen LogP contribution in [-0.2, 0) is 0 Å². The topological polar surface area (TPSA) is 40.5 Å². The molecule has 0 aromatic heterocycles. The summed E-state index contributed by atoms with van der Waals surface area (Å²) in [4.78, 5) is 0. The van der Waals surface area contributed by atoms with Crippen molar-refractivity contribution >= 4 is 0 Å². The number of hydrogen-bond donors (Lipinski definition) is 2. The van der Waals surface area contributed by atoms with Gasteiger partial charge in [0.15, 0.2) is 0 Å². The number of hydrogen-bond acceptors (Lipinski definition) is 2. The minimum absolute atomic E-state index is 0.330. The van der Waals surface area contributed by atoms with Crippen molar-refractivity contribution < 1.29 is 10.2 Å². The quantitative estimate of drug-likeness (QED) is 0.371. The third-order valence-electron chi connectivity index (χ3n) is 8.82. The van der Waals surface area contributed by atoms with Crippen molar-refractivity contribution in [1.82, 2.24) is 0 Å². The minimum atomic E-state index is -0.553. The zero-order valence-corrected chi connectivity index (χ0v) is 19.9. The fourth-order valence-electron chi connectivity index (χ4n) is 7.11. The van der Waals surface area contributed by atoms with Crippen molar-refractivity contribution in [2.45, 2.75) is 103 Å². The van der Waals surface area contributed by atoms with Gasteiger partial charge in [-0.2, -0.15) is 0 Å². The molecule has 4 rings (SSSR count). The number of allylic oxidation sites excluding steroid dienone is 3. The number of aliphatic hydroxyl groups excluding tert-OH is 1. The van der Waals surface area contributed by atoms with Crippen LogP contribution in [0.1, 0.15) is 91.4 Å². The molecule has 3 saturated carbocycles. The fourth-order valence-corrected chi connectivity index (χ4v) is 7.11. The normalized spacial score (nSPS) is 36.9. The van der Waals surface area contributed by atoms with Crippen LogP contribution in [0.3, 0.4) is 0 Å². The van der Waals surface area contributed by atoms with E-state index in [1.54, 1.807) is 5.57 Å². The molecule has 0 heterocycles. The number of fused-ring (bicyclic) bond motifs is 1. The van der Waals surface area contributed by atoms with E-state index in [2.05, 4.69) is 37.5 Å². The van der Waals surface area contributed by atoms with Crippen molar-refractivity contribution in [3.05, 3.63) is 35.5 Å². The Hall–Kier alpha value is -1.30. The Morgan fingerprint density at radius 3 is 2.65 bits per heavy atom. The Morgan fingerprint density at radius 2 is 1.97 bits per heavy atom. The third kappa shape index (κ3) is 4.89. The summed E-state index contributed by atoms with van der Waals surface area (Å²) in [6.45, 7) is 10.3. The van der Waals surface area contributed by atoms with Gasteiger partial charge >= 0.3 is 0 Å². The van der Waals surface area contributed by atoms with Gasteiger partial charge in [-0.1, -0.05) is 61.5 Å². The van der Waals surface area contributed by atoms with Gasteiger partial charge in [-0.15, -0.1) is 0 Å². The van der Waals surface area contributed by atoms with Gasteiger partial charge in [0, 0.05) is 5.41 Å². The van der Waals surface area contributed by atoms with Crippen LogP contribution < -0.4 is 0 Å². The van der Waals surface area contributed by atoms with E-state index in [1.165, 1.54) is 44.1 Å². The molecule has 0 radical (unpaired) electrons. The van der Waals surface area contributed by atoms with Crippen LogP contribution in [-0.4, -0.2) is 21.9 Å². The third-order valence-corrected chi connectivity index (χ3v) is 8.82. The predicted molar refractivity (Wildman–Crippen MR) is 128 cm³/mol. The summed E-state index contributed by atoms with van der Waals surface area (Å²) in [6, 6.07) is 0. The molecule has 5 unspecified atom stereocenters. The molecule has 5 atom stereocenters. The van der Waals surface area contributed by atoms with Gasteiger partial charge < -0.3 is 10.2 Å². The van der Waals surface area contributed by atoms with Crippen molar-refractivity contribution in [2.24, 2.45) is 29.1 Å². The van der Waals surface area contributed by atoms with E-state index in [4.69, 9.17) is 0 Å². The highest BCUT2D eigenvalue weighted by molar-refractivity contribution is 5.40. The first-order valence-corrected chi connectivity index (χ1v) is 12.7. The Morgan fingerprint density at radius 1 is 1.19 bits per heavy atom. The molecular formula is C29H42O2. The van der Waals surface area contributed by atoms with E-state index in [1.807, 2.05) is 13.8 Å². The lowest BCUT2D eigenvalue weighted by Crippen LogP contribution is -2.41. The minimum Gasteiger partial charge on any atom is -0.390 e.